The molecular formula is C15H20N2O3. The van der Waals surface area contributed by atoms with Crippen molar-refractivity contribution in [3.63, 3.8) is 0 Å². The van der Waals surface area contributed by atoms with E-state index in [0.29, 0.717) is 5.75 Å². The van der Waals surface area contributed by atoms with Crippen molar-refractivity contribution in [2.24, 2.45) is 0 Å². The van der Waals surface area contributed by atoms with Gasteiger partial charge in [0.1, 0.15) is 12.3 Å². The van der Waals surface area contributed by atoms with E-state index in [4.69, 9.17) is 4.74 Å². The fraction of sp³-hybridized carbons (Fsp3) is 0.467. The topological polar surface area (TPSA) is 67.4 Å². The first-order valence-electron chi connectivity index (χ1n) is 6.96. The molecule has 2 amide bonds. The first kappa shape index (κ1) is 14.4. The van der Waals surface area contributed by atoms with E-state index in [9.17, 15) is 9.59 Å². The fourth-order valence-electron chi connectivity index (χ4n) is 2.29. The van der Waals surface area contributed by atoms with E-state index in [0.717, 1.165) is 31.2 Å². The molecule has 0 bridgehead atoms. The van der Waals surface area contributed by atoms with Crippen LogP contribution in [0.3, 0.4) is 0 Å². The van der Waals surface area contributed by atoms with Crippen molar-refractivity contribution >= 4 is 12.0 Å². The number of para-hydroxylation sites is 1. The molecule has 2 N–H and O–H groups in total. The molecule has 5 nitrogen and oxygen atoms in total. The Morgan fingerprint density at radius 3 is 2.65 bits per heavy atom. The molecule has 1 aliphatic rings. The van der Waals surface area contributed by atoms with Gasteiger partial charge in [0, 0.05) is 6.04 Å². The van der Waals surface area contributed by atoms with Gasteiger partial charge in [-0.2, -0.15) is 0 Å². The molecule has 0 aromatic heterocycles. The lowest BCUT2D eigenvalue weighted by molar-refractivity contribution is -0.133. The second-order valence-corrected chi connectivity index (χ2v) is 5.05. The minimum Gasteiger partial charge on any atom is -0.425 e. The molecule has 1 aromatic rings. The molecule has 5 heteroatoms. The van der Waals surface area contributed by atoms with Crippen molar-refractivity contribution in [3.8, 4) is 5.75 Å². The van der Waals surface area contributed by atoms with Crippen LogP contribution in [0.2, 0.25) is 0 Å². The third-order valence-corrected chi connectivity index (χ3v) is 3.40. The van der Waals surface area contributed by atoms with Gasteiger partial charge in [-0.1, -0.05) is 31.0 Å². The second kappa shape index (κ2) is 6.93. The Hall–Kier alpha value is -2.04. The van der Waals surface area contributed by atoms with Crippen LogP contribution in [-0.4, -0.2) is 24.6 Å². The molecule has 1 aromatic carbocycles. The van der Waals surface area contributed by atoms with E-state index in [1.54, 1.807) is 12.1 Å². The maximum absolute atomic E-state index is 11.6. The maximum atomic E-state index is 11.6. The predicted molar refractivity (Wildman–Crippen MR) is 75.6 cm³/mol. The smallest absolute Gasteiger partial charge is 0.330 e. The third kappa shape index (κ3) is 4.26. The average molecular weight is 276 g/mol. The summed E-state index contributed by atoms with van der Waals surface area (Å²) in [6.45, 7) is 1.73. The highest BCUT2D eigenvalue weighted by Gasteiger charge is 2.17. The van der Waals surface area contributed by atoms with Crippen molar-refractivity contribution in [2.45, 2.75) is 38.6 Å². The zero-order chi connectivity index (χ0) is 14.4. The van der Waals surface area contributed by atoms with Gasteiger partial charge in [-0.15, -0.1) is 0 Å². The molecule has 0 radical (unpaired) electrons. The molecule has 2 rings (SSSR count). The average Bonchev–Trinajstić information content (AvgIpc) is 2.92. The number of aryl methyl sites for hydroxylation is 1. The molecular weight excluding hydrogens is 256 g/mol. The number of rotatable bonds is 4. The van der Waals surface area contributed by atoms with Gasteiger partial charge >= 0.3 is 12.0 Å². The van der Waals surface area contributed by atoms with Crippen LogP contribution in [0.15, 0.2) is 24.3 Å². The first-order chi connectivity index (χ1) is 9.65. The highest BCUT2D eigenvalue weighted by Crippen LogP contribution is 2.17. The summed E-state index contributed by atoms with van der Waals surface area (Å²) in [5.74, 6) is 0.0522. The standard InChI is InChI=1S/C15H20N2O3/c1-11-6-2-5-9-13(11)20-14(18)10-16-15(19)17-12-7-3-4-8-12/h2,5-6,9,12H,3-4,7-8,10H2,1H3,(H2,16,17,19). The summed E-state index contributed by atoms with van der Waals surface area (Å²) in [5.41, 5.74) is 0.885. The van der Waals surface area contributed by atoms with Gasteiger partial charge in [-0.3, -0.25) is 0 Å². The number of hydrogen-bond acceptors (Lipinski definition) is 3. The van der Waals surface area contributed by atoms with Crippen LogP contribution in [0.1, 0.15) is 31.2 Å². The van der Waals surface area contributed by atoms with E-state index >= 15 is 0 Å². The number of ether oxygens (including phenoxy) is 1. The van der Waals surface area contributed by atoms with E-state index in [2.05, 4.69) is 10.6 Å². The fourth-order valence-corrected chi connectivity index (χ4v) is 2.29. The minimum absolute atomic E-state index is 0.132. The van der Waals surface area contributed by atoms with Gasteiger partial charge in [0.05, 0.1) is 0 Å². The number of nitrogens with one attached hydrogen (secondary N) is 2. The van der Waals surface area contributed by atoms with Crippen LogP contribution in [0.25, 0.3) is 0 Å². The number of esters is 1. The van der Waals surface area contributed by atoms with E-state index in [1.165, 1.54) is 0 Å². The Balaban J connectivity index is 1.72. The lowest BCUT2D eigenvalue weighted by Crippen LogP contribution is -2.43. The summed E-state index contributed by atoms with van der Waals surface area (Å²) in [5, 5.41) is 5.38. The van der Waals surface area contributed by atoms with E-state index in [1.807, 2.05) is 19.1 Å². The Morgan fingerprint density at radius 2 is 1.95 bits per heavy atom. The molecule has 20 heavy (non-hydrogen) atoms. The summed E-state index contributed by atoms with van der Waals surface area (Å²) in [7, 11) is 0. The summed E-state index contributed by atoms with van der Waals surface area (Å²) in [6.07, 6.45) is 4.34. The van der Waals surface area contributed by atoms with Gasteiger partial charge < -0.3 is 15.4 Å². The number of carbonyl (C=O) groups excluding carboxylic acids is 2. The van der Waals surface area contributed by atoms with E-state index in [-0.39, 0.29) is 18.6 Å². The summed E-state index contributed by atoms with van der Waals surface area (Å²) in [6, 6.07) is 7.20. The summed E-state index contributed by atoms with van der Waals surface area (Å²) in [4.78, 5) is 23.2. The summed E-state index contributed by atoms with van der Waals surface area (Å²) < 4.78 is 5.18. The number of carbonyl (C=O) groups is 2. The number of urea groups is 1. The summed E-state index contributed by atoms with van der Waals surface area (Å²) >= 11 is 0. The van der Waals surface area contributed by atoms with Gasteiger partial charge in [-0.25, -0.2) is 9.59 Å². The Morgan fingerprint density at radius 1 is 1.25 bits per heavy atom. The molecule has 0 atom stereocenters. The van der Waals surface area contributed by atoms with Crippen molar-refractivity contribution in [1.82, 2.24) is 10.6 Å². The molecule has 0 heterocycles. The van der Waals surface area contributed by atoms with Crippen LogP contribution in [0, 0.1) is 6.92 Å². The van der Waals surface area contributed by atoms with Gasteiger partial charge in [-0.05, 0) is 31.4 Å². The Bertz CT molecular complexity index is 482. The van der Waals surface area contributed by atoms with Crippen molar-refractivity contribution in [2.75, 3.05) is 6.54 Å². The minimum atomic E-state index is -0.471. The molecule has 1 aliphatic carbocycles. The third-order valence-electron chi connectivity index (χ3n) is 3.40. The van der Waals surface area contributed by atoms with Crippen molar-refractivity contribution in [3.05, 3.63) is 29.8 Å². The van der Waals surface area contributed by atoms with Gasteiger partial charge in [0.15, 0.2) is 0 Å². The normalized spacial score (nSPS) is 14.8. The Labute approximate surface area is 118 Å². The monoisotopic (exact) mass is 276 g/mol. The van der Waals surface area contributed by atoms with Crippen LogP contribution in [0.5, 0.6) is 5.75 Å². The quantitative estimate of drug-likeness (QED) is 0.654. The molecule has 0 spiro atoms. The van der Waals surface area contributed by atoms with Crippen LogP contribution in [-0.2, 0) is 4.79 Å². The lowest BCUT2D eigenvalue weighted by Gasteiger charge is -2.13. The zero-order valence-corrected chi connectivity index (χ0v) is 11.6. The highest BCUT2D eigenvalue weighted by molar-refractivity contribution is 5.82. The molecule has 0 unspecified atom stereocenters. The first-order valence-corrected chi connectivity index (χ1v) is 6.96. The largest absolute Gasteiger partial charge is 0.425 e. The molecule has 0 aliphatic heterocycles. The van der Waals surface area contributed by atoms with E-state index < -0.39 is 5.97 Å². The van der Waals surface area contributed by atoms with Crippen LogP contribution >= 0.6 is 0 Å². The number of benzene rings is 1. The maximum Gasteiger partial charge on any atom is 0.330 e. The zero-order valence-electron chi connectivity index (χ0n) is 11.6. The molecule has 0 saturated heterocycles. The SMILES string of the molecule is Cc1ccccc1OC(=O)CNC(=O)NC1CCCC1. The molecule has 1 saturated carbocycles. The number of hydrogen-bond donors (Lipinski definition) is 2. The molecule has 1 fully saturated rings. The van der Waals surface area contributed by atoms with Crippen LogP contribution < -0.4 is 15.4 Å². The predicted octanol–water partition coefficient (Wildman–Crippen LogP) is 2.14. The van der Waals surface area contributed by atoms with Crippen molar-refractivity contribution < 1.29 is 14.3 Å². The van der Waals surface area contributed by atoms with Crippen molar-refractivity contribution in [1.29, 1.82) is 0 Å². The Kier molecular flexibility index (Phi) is 4.98. The van der Waals surface area contributed by atoms with Gasteiger partial charge in [0.2, 0.25) is 0 Å². The lowest BCUT2D eigenvalue weighted by atomic mass is 10.2. The molecule has 108 valence electrons. The van der Waals surface area contributed by atoms with Crippen LogP contribution in [0.4, 0.5) is 4.79 Å². The number of amides is 2. The van der Waals surface area contributed by atoms with Gasteiger partial charge in [0.25, 0.3) is 0 Å². The highest BCUT2D eigenvalue weighted by atomic mass is 16.5. The second-order valence-electron chi connectivity index (χ2n) is 5.05.